The summed E-state index contributed by atoms with van der Waals surface area (Å²) in [6.45, 7) is 8.45. The van der Waals surface area contributed by atoms with Crippen LogP contribution < -0.4 is 20.9 Å². The molecular formula is C17H30N2O2. The minimum Gasteiger partial charge on any atom is -0.493 e. The maximum absolute atomic E-state index is 5.81. The molecule has 0 aromatic heterocycles. The van der Waals surface area contributed by atoms with Gasteiger partial charge in [-0.25, -0.2) is 0 Å². The zero-order valence-electron chi connectivity index (χ0n) is 13.8. The molecule has 4 nitrogen and oxygen atoms in total. The average molecular weight is 294 g/mol. The highest BCUT2D eigenvalue weighted by Gasteiger charge is 2.22. The molecule has 0 spiro atoms. The topological polar surface area (TPSA) is 70.5 Å². The van der Waals surface area contributed by atoms with Crippen molar-refractivity contribution in [3.05, 3.63) is 23.8 Å². The third-order valence-electron chi connectivity index (χ3n) is 4.31. The van der Waals surface area contributed by atoms with E-state index >= 15 is 0 Å². The molecule has 2 atom stereocenters. The van der Waals surface area contributed by atoms with Gasteiger partial charge in [-0.05, 0) is 55.0 Å². The Balaban J connectivity index is 2.92. The summed E-state index contributed by atoms with van der Waals surface area (Å²) in [6.07, 6.45) is 0.979. The van der Waals surface area contributed by atoms with Crippen molar-refractivity contribution in [2.75, 3.05) is 26.8 Å². The molecule has 0 fully saturated rings. The van der Waals surface area contributed by atoms with Crippen LogP contribution in [0.5, 0.6) is 11.5 Å². The number of ether oxygens (including phenoxy) is 2. The first-order valence-corrected chi connectivity index (χ1v) is 7.79. The molecule has 4 N–H and O–H groups in total. The van der Waals surface area contributed by atoms with Gasteiger partial charge in [0.25, 0.3) is 0 Å². The summed E-state index contributed by atoms with van der Waals surface area (Å²) in [4.78, 5) is 0. The summed E-state index contributed by atoms with van der Waals surface area (Å²) >= 11 is 0. The Bertz CT molecular complexity index is 419. The van der Waals surface area contributed by atoms with Crippen molar-refractivity contribution in [3.8, 4) is 11.5 Å². The highest BCUT2D eigenvalue weighted by molar-refractivity contribution is 5.44. The van der Waals surface area contributed by atoms with E-state index in [-0.39, 0.29) is 0 Å². The van der Waals surface area contributed by atoms with E-state index in [9.17, 15) is 0 Å². The lowest BCUT2D eigenvalue weighted by Gasteiger charge is -2.27. The smallest absolute Gasteiger partial charge is 0.161 e. The maximum Gasteiger partial charge on any atom is 0.161 e. The van der Waals surface area contributed by atoms with Gasteiger partial charge in [-0.3, -0.25) is 0 Å². The Hall–Kier alpha value is -1.26. The molecular weight excluding hydrogens is 264 g/mol. The Morgan fingerprint density at radius 3 is 2.29 bits per heavy atom. The second-order valence-corrected chi connectivity index (χ2v) is 5.64. The van der Waals surface area contributed by atoms with E-state index in [0.29, 0.717) is 37.5 Å². The second-order valence-electron chi connectivity index (χ2n) is 5.64. The summed E-state index contributed by atoms with van der Waals surface area (Å²) in [5.41, 5.74) is 12.9. The first-order chi connectivity index (χ1) is 10.1. The maximum atomic E-state index is 5.81. The highest BCUT2D eigenvalue weighted by atomic mass is 16.5. The third-order valence-corrected chi connectivity index (χ3v) is 4.31. The summed E-state index contributed by atoms with van der Waals surface area (Å²) in [6, 6.07) is 6.17. The first-order valence-electron chi connectivity index (χ1n) is 7.79. The number of methoxy groups -OCH3 is 1. The molecule has 0 bridgehead atoms. The van der Waals surface area contributed by atoms with Crippen molar-refractivity contribution >= 4 is 0 Å². The molecule has 21 heavy (non-hydrogen) atoms. The van der Waals surface area contributed by atoms with Gasteiger partial charge >= 0.3 is 0 Å². The van der Waals surface area contributed by atoms with Gasteiger partial charge in [-0.1, -0.05) is 26.8 Å². The predicted octanol–water partition coefficient (Wildman–Crippen LogP) is 2.76. The monoisotopic (exact) mass is 294 g/mol. The number of hydrogen-bond acceptors (Lipinski definition) is 4. The van der Waals surface area contributed by atoms with Crippen LogP contribution in [-0.4, -0.2) is 26.8 Å². The normalized spacial score (nSPS) is 14.0. The van der Waals surface area contributed by atoms with Gasteiger partial charge in [0.15, 0.2) is 11.5 Å². The Kier molecular flexibility index (Phi) is 7.54. The summed E-state index contributed by atoms with van der Waals surface area (Å²) < 4.78 is 11.1. The van der Waals surface area contributed by atoms with Crippen LogP contribution in [0.3, 0.4) is 0 Å². The second kappa shape index (κ2) is 8.90. The van der Waals surface area contributed by atoms with E-state index in [2.05, 4.69) is 32.9 Å². The van der Waals surface area contributed by atoms with Gasteiger partial charge in [0.1, 0.15) is 0 Å². The van der Waals surface area contributed by atoms with E-state index in [1.165, 1.54) is 5.56 Å². The fourth-order valence-corrected chi connectivity index (χ4v) is 2.54. The Morgan fingerprint density at radius 1 is 1.10 bits per heavy atom. The number of hydrogen-bond donors (Lipinski definition) is 2. The minimum atomic E-state index is 0.335. The lowest BCUT2D eigenvalue weighted by molar-refractivity contribution is 0.292. The molecule has 0 radical (unpaired) electrons. The Labute approximate surface area is 128 Å². The summed E-state index contributed by atoms with van der Waals surface area (Å²) in [5, 5.41) is 0. The van der Waals surface area contributed by atoms with Crippen LogP contribution in [0, 0.1) is 11.8 Å². The van der Waals surface area contributed by atoms with Crippen LogP contribution in [0.4, 0.5) is 0 Å². The van der Waals surface area contributed by atoms with Crippen LogP contribution >= 0.6 is 0 Å². The largest absolute Gasteiger partial charge is 0.493 e. The predicted molar refractivity (Wildman–Crippen MR) is 88.0 cm³/mol. The van der Waals surface area contributed by atoms with E-state index in [1.807, 2.05) is 6.07 Å². The summed E-state index contributed by atoms with van der Waals surface area (Å²) in [5.74, 6) is 2.72. The SMILES string of the molecule is CCCOc1ccc(C(C)C(C)C(CN)CN)cc1OC. The van der Waals surface area contributed by atoms with Crippen LogP contribution in [0.1, 0.15) is 38.7 Å². The van der Waals surface area contributed by atoms with E-state index in [0.717, 1.165) is 17.9 Å². The summed E-state index contributed by atoms with van der Waals surface area (Å²) in [7, 11) is 1.68. The fraction of sp³-hybridized carbons (Fsp3) is 0.647. The molecule has 0 saturated carbocycles. The number of nitrogens with two attached hydrogens (primary N) is 2. The lowest BCUT2D eigenvalue weighted by Crippen LogP contribution is -2.31. The number of benzene rings is 1. The molecule has 120 valence electrons. The minimum absolute atomic E-state index is 0.335. The van der Waals surface area contributed by atoms with Crippen molar-refractivity contribution in [3.63, 3.8) is 0 Å². The lowest BCUT2D eigenvalue weighted by atomic mass is 9.80. The van der Waals surface area contributed by atoms with Gasteiger partial charge in [-0.15, -0.1) is 0 Å². The molecule has 0 amide bonds. The zero-order chi connectivity index (χ0) is 15.8. The standard InChI is InChI=1S/C17H30N2O2/c1-5-8-21-16-7-6-14(9-17(16)20-4)12(2)13(3)15(10-18)11-19/h6-7,9,12-13,15H,5,8,10-11,18-19H2,1-4H3. The molecule has 2 unspecified atom stereocenters. The van der Waals surface area contributed by atoms with E-state index < -0.39 is 0 Å². The van der Waals surface area contributed by atoms with Gasteiger partial charge < -0.3 is 20.9 Å². The van der Waals surface area contributed by atoms with Crippen molar-refractivity contribution in [1.29, 1.82) is 0 Å². The van der Waals surface area contributed by atoms with Crippen molar-refractivity contribution in [1.82, 2.24) is 0 Å². The van der Waals surface area contributed by atoms with Gasteiger partial charge in [-0.2, -0.15) is 0 Å². The zero-order valence-corrected chi connectivity index (χ0v) is 13.8. The van der Waals surface area contributed by atoms with Crippen LogP contribution in [-0.2, 0) is 0 Å². The molecule has 0 heterocycles. The molecule has 1 aromatic carbocycles. The third kappa shape index (κ3) is 4.61. The van der Waals surface area contributed by atoms with Crippen LogP contribution in [0.2, 0.25) is 0 Å². The van der Waals surface area contributed by atoms with E-state index in [4.69, 9.17) is 20.9 Å². The molecule has 0 aliphatic heterocycles. The molecule has 0 aliphatic carbocycles. The van der Waals surface area contributed by atoms with Crippen molar-refractivity contribution < 1.29 is 9.47 Å². The van der Waals surface area contributed by atoms with Crippen LogP contribution in [0.15, 0.2) is 18.2 Å². The van der Waals surface area contributed by atoms with Crippen LogP contribution in [0.25, 0.3) is 0 Å². The first kappa shape index (κ1) is 17.8. The average Bonchev–Trinajstić information content (AvgIpc) is 2.52. The van der Waals surface area contributed by atoms with Crippen molar-refractivity contribution in [2.45, 2.75) is 33.1 Å². The fourth-order valence-electron chi connectivity index (χ4n) is 2.54. The quantitative estimate of drug-likeness (QED) is 0.734. The molecule has 4 heteroatoms. The molecule has 0 saturated heterocycles. The van der Waals surface area contributed by atoms with Crippen molar-refractivity contribution in [2.24, 2.45) is 23.3 Å². The highest BCUT2D eigenvalue weighted by Crippen LogP contribution is 2.35. The van der Waals surface area contributed by atoms with E-state index in [1.54, 1.807) is 7.11 Å². The number of rotatable bonds is 9. The molecule has 1 rings (SSSR count). The Morgan fingerprint density at radius 2 is 1.76 bits per heavy atom. The van der Waals surface area contributed by atoms with Gasteiger partial charge in [0.05, 0.1) is 13.7 Å². The molecule has 1 aromatic rings. The molecule has 0 aliphatic rings. The van der Waals surface area contributed by atoms with Gasteiger partial charge in [0.2, 0.25) is 0 Å². The van der Waals surface area contributed by atoms with Gasteiger partial charge in [0, 0.05) is 0 Å².